The van der Waals surface area contributed by atoms with Gasteiger partial charge < -0.3 is 5.32 Å². The van der Waals surface area contributed by atoms with Crippen molar-refractivity contribution < 1.29 is 0 Å². The van der Waals surface area contributed by atoms with Gasteiger partial charge in [-0.05, 0) is 31.0 Å². The van der Waals surface area contributed by atoms with Crippen molar-refractivity contribution in [1.29, 1.82) is 0 Å². The smallest absolute Gasteiger partial charge is 0.0335 e. The first kappa shape index (κ1) is 9.49. The van der Waals surface area contributed by atoms with Gasteiger partial charge in [0.1, 0.15) is 0 Å². The fraction of sp³-hybridized carbons (Fsp3) is 0.444. The minimum absolute atomic E-state index is 0. The van der Waals surface area contributed by atoms with Crippen molar-refractivity contribution in [3.63, 3.8) is 0 Å². The number of pyridine rings is 1. The summed E-state index contributed by atoms with van der Waals surface area (Å²) in [7, 11) is 0. The maximum atomic E-state index is 4.09. The van der Waals surface area contributed by atoms with Crippen molar-refractivity contribution in [2.45, 2.75) is 18.9 Å². The molecule has 0 bridgehead atoms. The van der Waals surface area contributed by atoms with E-state index in [2.05, 4.69) is 16.4 Å². The van der Waals surface area contributed by atoms with E-state index in [-0.39, 0.29) is 12.4 Å². The fourth-order valence-electron chi connectivity index (χ4n) is 1.55. The van der Waals surface area contributed by atoms with Crippen molar-refractivity contribution in [3.05, 3.63) is 30.1 Å². The molecule has 0 amide bonds. The van der Waals surface area contributed by atoms with Crippen LogP contribution >= 0.6 is 12.4 Å². The molecule has 66 valence electrons. The Labute approximate surface area is 78.8 Å². The number of rotatable bonds is 1. The lowest BCUT2D eigenvalue weighted by Crippen LogP contribution is -2.12. The Balaban J connectivity index is 0.000000720. The summed E-state index contributed by atoms with van der Waals surface area (Å²) in [5, 5.41) is 3.43. The van der Waals surface area contributed by atoms with Gasteiger partial charge in [-0.2, -0.15) is 0 Å². The van der Waals surface area contributed by atoms with Gasteiger partial charge in [-0.15, -0.1) is 12.4 Å². The van der Waals surface area contributed by atoms with Gasteiger partial charge in [0.05, 0.1) is 0 Å². The third-order valence-corrected chi connectivity index (χ3v) is 2.15. The standard InChI is InChI=1S/C9H12N2.ClH/c1-3-8(7-10-5-1)9-4-2-6-11-9;/h1,3,5,7,9,11H,2,4,6H2;1H. The summed E-state index contributed by atoms with van der Waals surface area (Å²) in [6, 6.07) is 4.69. The highest BCUT2D eigenvalue weighted by atomic mass is 35.5. The lowest BCUT2D eigenvalue weighted by Gasteiger charge is -2.08. The average Bonchev–Trinajstić information content (AvgIpc) is 2.58. The maximum Gasteiger partial charge on any atom is 0.0335 e. The van der Waals surface area contributed by atoms with Crippen molar-refractivity contribution >= 4 is 12.4 Å². The molecule has 0 aromatic carbocycles. The first-order chi connectivity index (χ1) is 5.47. The number of nitrogens with one attached hydrogen (secondary N) is 1. The molecule has 1 aliphatic heterocycles. The van der Waals surface area contributed by atoms with E-state index >= 15 is 0 Å². The van der Waals surface area contributed by atoms with Crippen LogP contribution in [0, 0.1) is 0 Å². The Hall–Kier alpha value is -0.600. The van der Waals surface area contributed by atoms with Gasteiger partial charge in [0, 0.05) is 18.4 Å². The van der Waals surface area contributed by atoms with E-state index in [0.29, 0.717) is 6.04 Å². The maximum absolute atomic E-state index is 4.09. The van der Waals surface area contributed by atoms with Gasteiger partial charge in [0.25, 0.3) is 0 Å². The first-order valence-electron chi connectivity index (χ1n) is 4.10. The molecular formula is C9H13ClN2. The predicted molar refractivity (Wildman–Crippen MR) is 51.5 cm³/mol. The molecule has 1 aromatic rings. The van der Waals surface area contributed by atoms with E-state index < -0.39 is 0 Å². The van der Waals surface area contributed by atoms with Crippen molar-refractivity contribution in [2.75, 3.05) is 6.54 Å². The number of hydrogen-bond acceptors (Lipinski definition) is 2. The molecule has 3 heteroatoms. The van der Waals surface area contributed by atoms with Gasteiger partial charge in [-0.1, -0.05) is 6.07 Å². The summed E-state index contributed by atoms with van der Waals surface area (Å²) in [5.74, 6) is 0. The third kappa shape index (κ3) is 1.96. The molecule has 1 saturated heterocycles. The molecule has 2 nitrogen and oxygen atoms in total. The van der Waals surface area contributed by atoms with Gasteiger partial charge >= 0.3 is 0 Å². The molecule has 1 aliphatic rings. The molecule has 0 saturated carbocycles. The molecule has 1 N–H and O–H groups in total. The highest BCUT2D eigenvalue weighted by Gasteiger charge is 2.15. The zero-order chi connectivity index (χ0) is 7.52. The quantitative estimate of drug-likeness (QED) is 0.722. The molecule has 2 rings (SSSR count). The Kier molecular flexibility index (Phi) is 3.50. The highest BCUT2D eigenvalue weighted by Crippen LogP contribution is 2.21. The van der Waals surface area contributed by atoms with Crippen LogP contribution < -0.4 is 5.32 Å². The summed E-state index contributed by atoms with van der Waals surface area (Å²) in [4.78, 5) is 4.09. The van der Waals surface area contributed by atoms with Gasteiger partial charge in [0.15, 0.2) is 0 Å². The van der Waals surface area contributed by atoms with E-state index in [1.807, 2.05) is 18.5 Å². The summed E-state index contributed by atoms with van der Waals surface area (Å²) in [6.07, 6.45) is 6.31. The highest BCUT2D eigenvalue weighted by molar-refractivity contribution is 5.85. The Morgan fingerprint density at radius 3 is 3.00 bits per heavy atom. The minimum atomic E-state index is 0. The predicted octanol–water partition coefficient (Wildman–Crippen LogP) is 1.93. The Morgan fingerprint density at radius 2 is 2.42 bits per heavy atom. The molecule has 0 spiro atoms. The number of nitrogens with zero attached hydrogens (tertiary/aromatic N) is 1. The Bertz CT molecular complexity index is 219. The van der Waals surface area contributed by atoms with Crippen LogP contribution in [0.4, 0.5) is 0 Å². The van der Waals surface area contributed by atoms with Crippen LogP contribution in [-0.2, 0) is 0 Å². The van der Waals surface area contributed by atoms with Gasteiger partial charge in [-0.3, -0.25) is 4.98 Å². The van der Waals surface area contributed by atoms with Crippen LogP contribution in [0.3, 0.4) is 0 Å². The van der Waals surface area contributed by atoms with Crippen LogP contribution in [0.1, 0.15) is 24.4 Å². The third-order valence-electron chi connectivity index (χ3n) is 2.15. The van der Waals surface area contributed by atoms with E-state index in [9.17, 15) is 0 Å². The normalized spacial score (nSPS) is 21.8. The fourth-order valence-corrected chi connectivity index (χ4v) is 1.55. The van der Waals surface area contributed by atoms with E-state index in [4.69, 9.17) is 0 Å². The monoisotopic (exact) mass is 184 g/mol. The first-order valence-corrected chi connectivity index (χ1v) is 4.10. The van der Waals surface area contributed by atoms with E-state index in [1.165, 1.54) is 18.4 Å². The van der Waals surface area contributed by atoms with Crippen LogP contribution in [0.5, 0.6) is 0 Å². The molecule has 1 fully saturated rings. The second-order valence-electron chi connectivity index (χ2n) is 2.94. The zero-order valence-corrected chi connectivity index (χ0v) is 7.68. The molecule has 2 heterocycles. The molecule has 1 atom stereocenters. The summed E-state index contributed by atoms with van der Waals surface area (Å²) in [5.41, 5.74) is 1.32. The largest absolute Gasteiger partial charge is 0.310 e. The van der Waals surface area contributed by atoms with Crippen LogP contribution in [-0.4, -0.2) is 11.5 Å². The number of hydrogen-bond donors (Lipinski definition) is 1. The lowest BCUT2D eigenvalue weighted by molar-refractivity contribution is 0.645. The molecule has 1 unspecified atom stereocenters. The zero-order valence-electron chi connectivity index (χ0n) is 6.86. The summed E-state index contributed by atoms with van der Waals surface area (Å²) >= 11 is 0. The Morgan fingerprint density at radius 1 is 1.50 bits per heavy atom. The average molecular weight is 185 g/mol. The number of aromatic nitrogens is 1. The number of halogens is 1. The van der Waals surface area contributed by atoms with Crippen molar-refractivity contribution in [1.82, 2.24) is 10.3 Å². The van der Waals surface area contributed by atoms with E-state index in [1.54, 1.807) is 0 Å². The molecule has 0 aliphatic carbocycles. The van der Waals surface area contributed by atoms with Crippen LogP contribution in [0.25, 0.3) is 0 Å². The lowest BCUT2D eigenvalue weighted by atomic mass is 10.1. The molecule has 1 aromatic heterocycles. The second-order valence-corrected chi connectivity index (χ2v) is 2.94. The molecule has 0 radical (unpaired) electrons. The molecule has 12 heavy (non-hydrogen) atoms. The topological polar surface area (TPSA) is 24.9 Å². The summed E-state index contributed by atoms with van der Waals surface area (Å²) in [6.45, 7) is 1.15. The van der Waals surface area contributed by atoms with Gasteiger partial charge in [-0.25, -0.2) is 0 Å². The van der Waals surface area contributed by atoms with Crippen molar-refractivity contribution in [2.24, 2.45) is 0 Å². The summed E-state index contributed by atoms with van der Waals surface area (Å²) < 4.78 is 0. The van der Waals surface area contributed by atoms with Crippen LogP contribution in [0.2, 0.25) is 0 Å². The van der Waals surface area contributed by atoms with Gasteiger partial charge in [0.2, 0.25) is 0 Å². The molecular weight excluding hydrogens is 172 g/mol. The van der Waals surface area contributed by atoms with E-state index in [0.717, 1.165) is 6.54 Å². The second kappa shape index (κ2) is 4.43. The van der Waals surface area contributed by atoms with Crippen LogP contribution in [0.15, 0.2) is 24.5 Å². The van der Waals surface area contributed by atoms with Crippen molar-refractivity contribution in [3.8, 4) is 0 Å². The minimum Gasteiger partial charge on any atom is -0.310 e. The SMILES string of the molecule is Cl.c1cncc(C2CCCN2)c1.